The zero-order valence-corrected chi connectivity index (χ0v) is 12.6. The van der Waals surface area contributed by atoms with Gasteiger partial charge in [-0.2, -0.15) is 0 Å². The number of aliphatic hydroxyl groups excluding tert-OH is 1. The molecule has 0 heterocycles. The van der Waals surface area contributed by atoms with Gasteiger partial charge >= 0.3 is 0 Å². The lowest BCUT2D eigenvalue weighted by Gasteiger charge is -2.32. The lowest BCUT2D eigenvalue weighted by molar-refractivity contribution is -0.124. The van der Waals surface area contributed by atoms with E-state index in [1.165, 1.54) is 0 Å². The fourth-order valence-corrected chi connectivity index (χ4v) is 2.20. The highest BCUT2D eigenvalue weighted by Gasteiger charge is 2.28. The van der Waals surface area contributed by atoms with Crippen molar-refractivity contribution in [2.24, 2.45) is 11.1 Å². The second kappa shape index (κ2) is 7.41. The molecule has 1 amide bonds. The topological polar surface area (TPSA) is 75.3 Å². The Kier molecular flexibility index (Phi) is 6.17. The monoisotopic (exact) mass is 278 g/mol. The maximum Gasteiger partial charge on any atom is 0.229 e. The van der Waals surface area contributed by atoms with Gasteiger partial charge in [0, 0.05) is 19.2 Å². The van der Waals surface area contributed by atoms with Crippen LogP contribution in [-0.2, 0) is 4.79 Å². The van der Waals surface area contributed by atoms with E-state index in [0.29, 0.717) is 6.42 Å². The van der Waals surface area contributed by atoms with Crippen molar-refractivity contribution in [1.82, 2.24) is 5.32 Å². The smallest absolute Gasteiger partial charge is 0.229 e. The van der Waals surface area contributed by atoms with E-state index < -0.39 is 0 Å². The Morgan fingerprint density at radius 3 is 2.35 bits per heavy atom. The molecule has 0 saturated heterocycles. The van der Waals surface area contributed by atoms with Crippen molar-refractivity contribution in [3.05, 3.63) is 35.9 Å². The number of carbonyl (C=O) groups is 1. The molecule has 0 aromatic heterocycles. The lowest BCUT2D eigenvalue weighted by Crippen LogP contribution is -2.47. The molecule has 1 aromatic rings. The predicted octanol–water partition coefficient (Wildman–Crippen LogP) is 1.64. The average molecular weight is 278 g/mol. The number of hydrogen-bond donors (Lipinski definition) is 3. The third-order valence-corrected chi connectivity index (χ3v) is 3.53. The summed E-state index contributed by atoms with van der Waals surface area (Å²) < 4.78 is 0. The molecule has 0 aliphatic rings. The third-order valence-electron chi connectivity index (χ3n) is 3.53. The molecule has 20 heavy (non-hydrogen) atoms. The second-order valence-corrected chi connectivity index (χ2v) is 6.14. The van der Waals surface area contributed by atoms with Gasteiger partial charge in [-0.3, -0.25) is 4.79 Å². The summed E-state index contributed by atoms with van der Waals surface area (Å²) in [6.45, 7) is 6.47. The molecule has 4 heteroatoms. The van der Waals surface area contributed by atoms with Gasteiger partial charge in [0.2, 0.25) is 5.91 Å². The highest BCUT2D eigenvalue weighted by atomic mass is 16.3. The van der Waals surface area contributed by atoms with Crippen molar-refractivity contribution in [1.29, 1.82) is 0 Å². The van der Waals surface area contributed by atoms with Gasteiger partial charge in [-0.25, -0.2) is 0 Å². The summed E-state index contributed by atoms with van der Waals surface area (Å²) in [6.07, 6.45) is 0.543. The molecule has 0 radical (unpaired) electrons. The number of benzene rings is 1. The van der Waals surface area contributed by atoms with Crippen LogP contribution in [0, 0.1) is 5.41 Å². The van der Waals surface area contributed by atoms with Crippen molar-refractivity contribution in [2.75, 3.05) is 13.2 Å². The van der Waals surface area contributed by atoms with Gasteiger partial charge in [-0.05, 0) is 17.4 Å². The minimum atomic E-state index is -0.347. The Balaban J connectivity index is 2.81. The van der Waals surface area contributed by atoms with Gasteiger partial charge < -0.3 is 16.2 Å². The van der Waals surface area contributed by atoms with E-state index in [1.807, 2.05) is 51.1 Å². The van der Waals surface area contributed by atoms with E-state index in [-0.39, 0.29) is 36.4 Å². The first-order chi connectivity index (χ1) is 9.40. The van der Waals surface area contributed by atoms with Crippen LogP contribution in [-0.4, -0.2) is 30.2 Å². The molecule has 0 aliphatic carbocycles. The summed E-state index contributed by atoms with van der Waals surface area (Å²) in [7, 11) is 0. The summed E-state index contributed by atoms with van der Waals surface area (Å²) >= 11 is 0. The van der Waals surface area contributed by atoms with Crippen LogP contribution < -0.4 is 11.1 Å². The Hall–Kier alpha value is -1.39. The maximum atomic E-state index is 12.4. The second-order valence-electron chi connectivity index (χ2n) is 6.14. The molecular weight excluding hydrogens is 252 g/mol. The summed E-state index contributed by atoms with van der Waals surface area (Å²) in [5, 5.41) is 12.2. The van der Waals surface area contributed by atoms with Crippen molar-refractivity contribution in [2.45, 2.75) is 39.2 Å². The molecule has 112 valence electrons. The first-order valence-electron chi connectivity index (χ1n) is 7.06. The van der Waals surface area contributed by atoms with Crippen LogP contribution in [0.1, 0.15) is 38.7 Å². The molecule has 2 atom stereocenters. The quantitative estimate of drug-likeness (QED) is 0.740. The molecule has 4 nitrogen and oxygen atoms in total. The molecule has 2 unspecified atom stereocenters. The molecule has 0 spiro atoms. The Bertz CT molecular complexity index is 412. The SMILES string of the molecule is CC(C)(C)C(CCO)NC(=O)C(CN)c1ccccc1. The zero-order valence-electron chi connectivity index (χ0n) is 12.6. The van der Waals surface area contributed by atoms with Crippen LogP contribution in [0.15, 0.2) is 30.3 Å². The van der Waals surface area contributed by atoms with E-state index in [1.54, 1.807) is 0 Å². The molecule has 0 bridgehead atoms. The van der Waals surface area contributed by atoms with Crippen LogP contribution in [0.2, 0.25) is 0 Å². The Morgan fingerprint density at radius 1 is 1.30 bits per heavy atom. The number of rotatable bonds is 6. The predicted molar refractivity (Wildman–Crippen MR) is 81.3 cm³/mol. The van der Waals surface area contributed by atoms with E-state index in [9.17, 15) is 4.79 Å². The molecule has 1 aromatic carbocycles. The highest BCUT2D eigenvalue weighted by Crippen LogP contribution is 2.23. The molecule has 4 N–H and O–H groups in total. The normalized spacial score (nSPS) is 14.7. The summed E-state index contributed by atoms with van der Waals surface area (Å²) in [5.74, 6) is -0.424. The molecule has 0 saturated carbocycles. The van der Waals surface area contributed by atoms with Crippen molar-refractivity contribution >= 4 is 5.91 Å². The fraction of sp³-hybridized carbons (Fsp3) is 0.562. The lowest BCUT2D eigenvalue weighted by atomic mass is 9.84. The van der Waals surface area contributed by atoms with Crippen LogP contribution in [0.4, 0.5) is 0 Å². The summed E-state index contributed by atoms with van der Waals surface area (Å²) in [5.41, 5.74) is 6.57. The largest absolute Gasteiger partial charge is 0.396 e. The van der Waals surface area contributed by atoms with E-state index >= 15 is 0 Å². The van der Waals surface area contributed by atoms with Gasteiger partial charge in [-0.1, -0.05) is 51.1 Å². The molecular formula is C16H26N2O2. The molecule has 0 fully saturated rings. The summed E-state index contributed by atoms with van der Waals surface area (Å²) in [6, 6.07) is 9.47. The Morgan fingerprint density at radius 2 is 1.90 bits per heavy atom. The van der Waals surface area contributed by atoms with Crippen molar-refractivity contribution in [3.8, 4) is 0 Å². The van der Waals surface area contributed by atoms with Gasteiger partial charge in [0.15, 0.2) is 0 Å². The first kappa shape index (κ1) is 16.7. The molecule has 1 rings (SSSR count). The van der Waals surface area contributed by atoms with Gasteiger partial charge in [0.1, 0.15) is 0 Å². The standard InChI is InChI=1S/C16H26N2O2/c1-16(2,3)14(9-10-19)18-15(20)13(11-17)12-7-5-4-6-8-12/h4-8,13-14,19H,9-11,17H2,1-3H3,(H,18,20). The number of nitrogens with one attached hydrogen (secondary N) is 1. The highest BCUT2D eigenvalue weighted by molar-refractivity contribution is 5.84. The van der Waals surface area contributed by atoms with E-state index in [0.717, 1.165) is 5.56 Å². The Labute approximate surface area is 121 Å². The van der Waals surface area contributed by atoms with Crippen molar-refractivity contribution in [3.63, 3.8) is 0 Å². The average Bonchev–Trinajstić information content (AvgIpc) is 2.39. The summed E-state index contributed by atoms with van der Waals surface area (Å²) in [4.78, 5) is 12.4. The molecule has 0 aliphatic heterocycles. The van der Waals surface area contributed by atoms with Crippen LogP contribution in [0.3, 0.4) is 0 Å². The van der Waals surface area contributed by atoms with Crippen LogP contribution >= 0.6 is 0 Å². The first-order valence-corrected chi connectivity index (χ1v) is 7.06. The van der Waals surface area contributed by atoms with Crippen LogP contribution in [0.25, 0.3) is 0 Å². The van der Waals surface area contributed by atoms with Crippen molar-refractivity contribution < 1.29 is 9.90 Å². The number of carbonyl (C=O) groups excluding carboxylic acids is 1. The number of amides is 1. The number of hydrogen-bond acceptors (Lipinski definition) is 3. The van der Waals surface area contributed by atoms with Gasteiger partial charge in [0.25, 0.3) is 0 Å². The fourth-order valence-electron chi connectivity index (χ4n) is 2.20. The number of aliphatic hydroxyl groups is 1. The third kappa shape index (κ3) is 4.62. The number of nitrogens with two attached hydrogens (primary N) is 1. The van der Waals surface area contributed by atoms with Gasteiger partial charge in [-0.15, -0.1) is 0 Å². The zero-order chi connectivity index (χ0) is 15.2. The minimum absolute atomic E-state index is 0.0564. The van der Waals surface area contributed by atoms with Crippen LogP contribution in [0.5, 0.6) is 0 Å². The van der Waals surface area contributed by atoms with Gasteiger partial charge in [0.05, 0.1) is 5.92 Å². The maximum absolute atomic E-state index is 12.4. The minimum Gasteiger partial charge on any atom is -0.396 e. The van der Waals surface area contributed by atoms with E-state index in [2.05, 4.69) is 5.32 Å². The van der Waals surface area contributed by atoms with E-state index in [4.69, 9.17) is 10.8 Å².